The average molecular weight is 238 g/mol. The van der Waals surface area contributed by atoms with Crippen LogP contribution in [0.2, 0.25) is 0 Å². The molecule has 0 bridgehead atoms. The molecule has 0 atom stereocenters. The molecule has 4 N–H and O–H groups in total. The van der Waals surface area contributed by atoms with E-state index in [1.165, 1.54) is 6.07 Å². The topological polar surface area (TPSA) is 112 Å². The Balaban J connectivity index is 2.13. The maximum absolute atomic E-state index is 11.1. The van der Waals surface area contributed by atoms with Crippen molar-refractivity contribution in [2.45, 2.75) is 12.8 Å². The Labute approximate surface area is 96.6 Å². The molecule has 1 aromatic rings. The Morgan fingerprint density at radius 1 is 1.29 bits per heavy atom. The predicted octanol–water partition coefficient (Wildman–Crippen LogP) is -1.24. The molecule has 0 unspecified atom stereocenters. The first kappa shape index (κ1) is 11.4. The number of carbonyl (C=O) groups excluding carboxylic acids is 1. The Hall–Kier alpha value is -2.05. The number of amides is 1. The molecule has 1 fully saturated rings. The molecular weight excluding hydrogens is 224 g/mol. The smallest absolute Gasteiger partial charge is 0.327 e. The van der Waals surface area contributed by atoms with E-state index in [2.05, 4.69) is 9.97 Å². The molecule has 1 amide bonds. The number of anilines is 1. The number of piperidine rings is 1. The van der Waals surface area contributed by atoms with Crippen LogP contribution in [0, 0.1) is 5.92 Å². The summed E-state index contributed by atoms with van der Waals surface area (Å²) in [7, 11) is 0. The fourth-order valence-electron chi connectivity index (χ4n) is 2.03. The van der Waals surface area contributed by atoms with Crippen molar-refractivity contribution in [2.24, 2.45) is 11.7 Å². The monoisotopic (exact) mass is 238 g/mol. The van der Waals surface area contributed by atoms with Crippen LogP contribution in [-0.2, 0) is 4.79 Å². The summed E-state index contributed by atoms with van der Waals surface area (Å²) >= 11 is 0. The fourth-order valence-corrected chi connectivity index (χ4v) is 2.03. The first-order valence-corrected chi connectivity index (χ1v) is 5.44. The van der Waals surface area contributed by atoms with Gasteiger partial charge in [0.2, 0.25) is 5.91 Å². The maximum atomic E-state index is 11.1. The Morgan fingerprint density at radius 2 is 1.94 bits per heavy atom. The number of rotatable bonds is 2. The molecule has 1 saturated heterocycles. The van der Waals surface area contributed by atoms with Crippen molar-refractivity contribution in [1.29, 1.82) is 0 Å². The van der Waals surface area contributed by atoms with Crippen LogP contribution < -0.4 is 21.9 Å². The van der Waals surface area contributed by atoms with E-state index in [4.69, 9.17) is 5.73 Å². The van der Waals surface area contributed by atoms with Crippen molar-refractivity contribution in [3.05, 3.63) is 26.9 Å². The molecule has 0 saturated carbocycles. The maximum Gasteiger partial charge on any atom is 0.327 e. The molecule has 92 valence electrons. The van der Waals surface area contributed by atoms with E-state index in [9.17, 15) is 14.4 Å². The summed E-state index contributed by atoms with van der Waals surface area (Å²) < 4.78 is 0. The number of nitrogens with two attached hydrogens (primary N) is 1. The van der Waals surface area contributed by atoms with Crippen molar-refractivity contribution in [3.8, 4) is 0 Å². The summed E-state index contributed by atoms with van der Waals surface area (Å²) in [5, 5.41) is 0. The number of aromatic amines is 2. The first-order valence-electron chi connectivity index (χ1n) is 5.44. The van der Waals surface area contributed by atoms with E-state index in [-0.39, 0.29) is 11.8 Å². The average Bonchev–Trinajstić information content (AvgIpc) is 2.28. The van der Waals surface area contributed by atoms with Gasteiger partial charge in [0.15, 0.2) is 0 Å². The van der Waals surface area contributed by atoms with E-state index in [1.54, 1.807) is 0 Å². The summed E-state index contributed by atoms with van der Waals surface area (Å²) in [5.74, 6) is 0.0886. The number of hydrogen-bond donors (Lipinski definition) is 3. The molecule has 2 heterocycles. The van der Waals surface area contributed by atoms with Gasteiger partial charge in [0.25, 0.3) is 5.56 Å². The highest BCUT2D eigenvalue weighted by molar-refractivity contribution is 5.76. The summed E-state index contributed by atoms with van der Waals surface area (Å²) in [6.07, 6.45) is 1.29. The molecule has 7 heteroatoms. The zero-order valence-electron chi connectivity index (χ0n) is 9.23. The van der Waals surface area contributed by atoms with Crippen LogP contribution in [-0.4, -0.2) is 29.0 Å². The standard InChI is InChI=1S/C10H14N4O3/c11-9(16)6-1-3-14(4-2-6)7-5-8(15)13-10(17)12-7/h5-6H,1-4H2,(H2,11,16)(H2,12,13,15,17). The zero-order chi connectivity index (χ0) is 12.4. The molecule has 1 aliphatic rings. The number of carbonyl (C=O) groups is 1. The van der Waals surface area contributed by atoms with Crippen LogP contribution >= 0.6 is 0 Å². The molecule has 1 aliphatic heterocycles. The van der Waals surface area contributed by atoms with Crippen LogP contribution in [0.4, 0.5) is 5.82 Å². The van der Waals surface area contributed by atoms with E-state index < -0.39 is 11.2 Å². The van der Waals surface area contributed by atoms with Gasteiger partial charge in [-0.25, -0.2) is 4.79 Å². The van der Waals surface area contributed by atoms with E-state index in [1.807, 2.05) is 4.90 Å². The number of nitrogens with one attached hydrogen (secondary N) is 2. The van der Waals surface area contributed by atoms with Crippen LogP contribution in [0.25, 0.3) is 0 Å². The largest absolute Gasteiger partial charge is 0.369 e. The van der Waals surface area contributed by atoms with Gasteiger partial charge in [-0.05, 0) is 12.8 Å². The molecule has 2 rings (SSSR count). The Morgan fingerprint density at radius 3 is 2.47 bits per heavy atom. The second kappa shape index (κ2) is 4.44. The van der Waals surface area contributed by atoms with Crippen molar-refractivity contribution in [2.75, 3.05) is 18.0 Å². The van der Waals surface area contributed by atoms with Gasteiger partial charge >= 0.3 is 5.69 Å². The molecule has 0 spiro atoms. The summed E-state index contributed by atoms with van der Waals surface area (Å²) in [5.41, 5.74) is 4.28. The van der Waals surface area contributed by atoms with E-state index in [0.717, 1.165) is 0 Å². The van der Waals surface area contributed by atoms with Gasteiger partial charge in [-0.1, -0.05) is 0 Å². The lowest BCUT2D eigenvalue weighted by atomic mass is 9.96. The Bertz CT molecular complexity index is 497. The number of primary amides is 1. The lowest BCUT2D eigenvalue weighted by molar-refractivity contribution is -0.122. The predicted molar refractivity (Wildman–Crippen MR) is 61.8 cm³/mol. The van der Waals surface area contributed by atoms with Crippen molar-refractivity contribution < 1.29 is 4.79 Å². The SMILES string of the molecule is NC(=O)C1CCN(c2cc(=O)[nH]c(=O)[nH]2)CC1. The first-order chi connectivity index (χ1) is 8.06. The van der Waals surface area contributed by atoms with Gasteiger partial charge in [-0.2, -0.15) is 0 Å². The molecule has 1 aromatic heterocycles. The summed E-state index contributed by atoms with van der Waals surface area (Å²) in [6, 6.07) is 1.34. The minimum atomic E-state index is -0.524. The van der Waals surface area contributed by atoms with Gasteiger partial charge in [-0.3, -0.25) is 19.6 Å². The van der Waals surface area contributed by atoms with Crippen molar-refractivity contribution >= 4 is 11.7 Å². The van der Waals surface area contributed by atoms with Crippen LogP contribution in [0.3, 0.4) is 0 Å². The highest BCUT2D eigenvalue weighted by Gasteiger charge is 2.23. The van der Waals surface area contributed by atoms with E-state index in [0.29, 0.717) is 31.7 Å². The summed E-state index contributed by atoms with van der Waals surface area (Å²) in [6.45, 7) is 1.21. The van der Waals surface area contributed by atoms with Gasteiger partial charge in [0.05, 0.1) is 0 Å². The van der Waals surface area contributed by atoms with E-state index >= 15 is 0 Å². The highest BCUT2D eigenvalue weighted by atomic mass is 16.2. The summed E-state index contributed by atoms with van der Waals surface area (Å²) in [4.78, 5) is 39.8. The van der Waals surface area contributed by atoms with Crippen LogP contribution in [0.1, 0.15) is 12.8 Å². The molecular formula is C10H14N4O3. The number of H-pyrrole nitrogens is 2. The third kappa shape index (κ3) is 2.55. The Kier molecular flexibility index (Phi) is 2.99. The second-order valence-electron chi connectivity index (χ2n) is 4.14. The normalized spacial score (nSPS) is 17.1. The minimum absolute atomic E-state index is 0.111. The minimum Gasteiger partial charge on any atom is -0.369 e. The lowest BCUT2D eigenvalue weighted by Crippen LogP contribution is -2.40. The third-order valence-corrected chi connectivity index (χ3v) is 2.98. The number of hydrogen-bond acceptors (Lipinski definition) is 4. The van der Waals surface area contributed by atoms with Gasteiger partial charge in [-0.15, -0.1) is 0 Å². The van der Waals surface area contributed by atoms with Crippen LogP contribution in [0.5, 0.6) is 0 Å². The van der Waals surface area contributed by atoms with Crippen molar-refractivity contribution in [3.63, 3.8) is 0 Å². The number of nitrogens with zero attached hydrogens (tertiary/aromatic N) is 1. The molecule has 7 nitrogen and oxygen atoms in total. The number of aromatic nitrogens is 2. The molecule has 0 aromatic carbocycles. The fraction of sp³-hybridized carbons (Fsp3) is 0.500. The zero-order valence-corrected chi connectivity index (χ0v) is 9.23. The molecule has 0 aliphatic carbocycles. The van der Waals surface area contributed by atoms with Crippen molar-refractivity contribution in [1.82, 2.24) is 9.97 Å². The molecule has 17 heavy (non-hydrogen) atoms. The van der Waals surface area contributed by atoms with Gasteiger partial charge < -0.3 is 10.6 Å². The third-order valence-electron chi connectivity index (χ3n) is 2.98. The highest BCUT2D eigenvalue weighted by Crippen LogP contribution is 2.19. The van der Waals surface area contributed by atoms with Gasteiger partial charge in [0.1, 0.15) is 5.82 Å². The van der Waals surface area contributed by atoms with Crippen LogP contribution in [0.15, 0.2) is 15.7 Å². The van der Waals surface area contributed by atoms with Gasteiger partial charge in [0, 0.05) is 25.1 Å². The quantitative estimate of drug-likeness (QED) is 0.598. The lowest BCUT2D eigenvalue weighted by Gasteiger charge is -2.31. The second-order valence-corrected chi connectivity index (χ2v) is 4.14. The molecule has 0 radical (unpaired) electrons.